The molecule has 1 heterocycles. The van der Waals surface area contributed by atoms with Gasteiger partial charge in [-0.2, -0.15) is 0 Å². The molecule has 18 heavy (non-hydrogen) atoms. The standard InChI is InChI=1S/C16H26N2/c1-3-13-8-5-6-10-15(13)16(12-17)18-11-7-9-14(18)4-2/h5-6,8,10,14,16H,3-4,7,9,11-12,17H2,1-2H3. The van der Waals surface area contributed by atoms with Crippen molar-refractivity contribution in [2.75, 3.05) is 13.1 Å². The van der Waals surface area contributed by atoms with Crippen molar-refractivity contribution < 1.29 is 0 Å². The van der Waals surface area contributed by atoms with Crippen molar-refractivity contribution in [2.24, 2.45) is 5.73 Å². The van der Waals surface area contributed by atoms with E-state index in [4.69, 9.17) is 5.73 Å². The molecular formula is C16H26N2. The largest absolute Gasteiger partial charge is 0.329 e. The highest BCUT2D eigenvalue weighted by atomic mass is 15.2. The van der Waals surface area contributed by atoms with Crippen molar-refractivity contribution in [3.05, 3.63) is 35.4 Å². The van der Waals surface area contributed by atoms with Crippen LogP contribution in [-0.4, -0.2) is 24.0 Å². The number of nitrogens with zero attached hydrogens (tertiary/aromatic N) is 1. The molecule has 1 aliphatic rings. The van der Waals surface area contributed by atoms with Crippen LogP contribution in [0, 0.1) is 0 Å². The summed E-state index contributed by atoms with van der Waals surface area (Å²) in [7, 11) is 0. The number of likely N-dealkylation sites (tertiary alicyclic amines) is 1. The molecule has 0 bridgehead atoms. The molecule has 1 aromatic rings. The minimum Gasteiger partial charge on any atom is -0.329 e. The van der Waals surface area contributed by atoms with Gasteiger partial charge in [0.25, 0.3) is 0 Å². The Bertz CT molecular complexity index is 375. The minimum atomic E-state index is 0.411. The van der Waals surface area contributed by atoms with Crippen LogP contribution in [0.4, 0.5) is 0 Å². The Morgan fingerprint density at radius 3 is 2.78 bits per heavy atom. The van der Waals surface area contributed by atoms with Gasteiger partial charge in [0.15, 0.2) is 0 Å². The van der Waals surface area contributed by atoms with Crippen LogP contribution in [0.5, 0.6) is 0 Å². The molecule has 0 aromatic heterocycles. The summed E-state index contributed by atoms with van der Waals surface area (Å²) < 4.78 is 0. The van der Waals surface area contributed by atoms with Crippen LogP contribution in [0.3, 0.4) is 0 Å². The molecular weight excluding hydrogens is 220 g/mol. The average Bonchev–Trinajstić information content (AvgIpc) is 2.88. The van der Waals surface area contributed by atoms with Crippen molar-refractivity contribution in [1.29, 1.82) is 0 Å². The Hall–Kier alpha value is -0.860. The number of hydrogen-bond donors (Lipinski definition) is 1. The first-order chi connectivity index (χ1) is 8.81. The van der Waals surface area contributed by atoms with Gasteiger partial charge in [0.1, 0.15) is 0 Å². The molecule has 2 atom stereocenters. The number of aryl methyl sites for hydroxylation is 1. The fourth-order valence-corrected chi connectivity index (χ4v) is 3.33. The highest BCUT2D eigenvalue weighted by molar-refractivity contribution is 5.30. The molecule has 2 heteroatoms. The lowest BCUT2D eigenvalue weighted by molar-refractivity contribution is 0.179. The monoisotopic (exact) mass is 246 g/mol. The van der Waals surface area contributed by atoms with Crippen LogP contribution in [-0.2, 0) is 6.42 Å². The summed E-state index contributed by atoms with van der Waals surface area (Å²) in [4.78, 5) is 2.63. The lowest BCUT2D eigenvalue weighted by atomic mass is 9.96. The van der Waals surface area contributed by atoms with Crippen LogP contribution in [0.2, 0.25) is 0 Å². The maximum atomic E-state index is 6.08. The first-order valence-corrected chi connectivity index (χ1v) is 7.35. The molecule has 1 aliphatic heterocycles. The molecule has 0 radical (unpaired) electrons. The molecule has 2 nitrogen and oxygen atoms in total. The van der Waals surface area contributed by atoms with E-state index in [9.17, 15) is 0 Å². The first-order valence-electron chi connectivity index (χ1n) is 7.35. The second-order valence-corrected chi connectivity index (χ2v) is 5.25. The molecule has 2 unspecified atom stereocenters. The summed E-state index contributed by atoms with van der Waals surface area (Å²) in [5.74, 6) is 0. The van der Waals surface area contributed by atoms with Gasteiger partial charge in [-0.1, -0.05) is 38.1 Å². The zero-order valence-corrected chi connectivity index (χ0v) is 11.7. The summed E-state index contributed by atoms with van der Waals surface area (Å²) in [6.45, 7) is 6.46. The maximum Gasteiger partial charge on any atom is 0.0476 e. The Morgan fingerprint density at radius 2 is 2.11 bits per heavy atom. The molecule has 1 fully saturated rings. The predicted molar refractivity (Wildman–Crippen MR) is 77.6 cm³/mol. The van der Waals surface area contributed by atoms with Crippen molar-refractivity contribution in [2.45, 2.75) is 51.6 Å². The molecule has 0 saturated carbocycles. The van der Waals surface area contributed by atoms with Gasteiger partial charge in [-0.3, -0.25) is 4.90 Å². The summed E-state index contributed by atoms with van der Waals surface area (Å²) in [5, 5.41) is 0. The third-order valence-electron chi connectivity index (χ3n) is 4.31. The van der Waals surface area contributed by atoms with E-state index in [2.05, 4.69) is 43.0 Å². The highest BCUT2D eigenvalue weighted by Gasteiger charge is 2.30. The zero-order valence-electron chi connectivity index (χ0n) is 11.7. The fraction of sp³-hybridized carbons (Fsp3) is 0.625. The van der Waals surface area contributed by atoms with Crippen molar-refractivity contribution in [3.8, 4) is 0 Å². The predicted octanol–water partition coefficient (Wildman–Crippen LogP) is 3.12. The molecule has 0 spiro atoms. The average molecular weight is 246 g/mol. The molecule has 1 aromatic carbocycles. The topological polar surface area (TPSA) is 29.3 Å². The van der Waals surface area contributed by atoms with Crippen LogP contribution >= 0.6 is 0 Å². The molecule has 100 valence electrons. The van der Waals surface area contributed by atoms with Crippen molar-refractivity contribution >= 4 is 0 Å². The third kappa shape index (κ3) is 2.60. The molecule has 2 N–H and O–H groups in total. The molecule has 0 amide bonds. The van der Waals surface area contributed by atoms with Crippen molar-refractivity contribution in [1.82, 2.24) is 4.90 Å². The van der Waals surface area contributed by atoms with Crippen LogP contribution in [0.15, 0.2) is 24.3 Å². The summed E-state index contributed by atoms with van der Waals surface area (Å²) in [5.41, 5.74) is 8.98. The number of rotatable bonds is 5. The van der Waals surface area contributed by atoms with Gasteiger partial charge in [0.2, 0.25) is 0 Å². The van der Waals surface area contributed by atoms with E-state index in [1.54, 1.807) is 0 Å². The van der Waals surface area contributed by atoms with Crippen LogP contribution < -0.4 is 5.73 Å². The van der Waals surface area contributed by atoms with Gasteiger partial charge in [-0.15, -0.1) is 0 Å². The maximum absolute atomic E-state index is 6.08. The van der Waals surface area contributed by atoms with E-state index in [1.807, 2.05) is 0 Å². The van der Waals surface area contributed by atoms with Crippen molar-refractivity contribution in [3.63, 3.8) is 0 Å². The Labute approximate surface area is 111 Å². The normalized spacial score (nSPS) is 22.3. The first kappa shape index (κ1) is 13.6. The van der Waals surface area contributed by atoms with Crippen LogP contribution in [0.1, 0.15) is 50.3 Å². The van der Waals surface area contributed by atoms with Gasteiger partial charge in [0, 0.05) is 18.6 Å². The third-order valence-corrected chi connectivity index (χ3v) is 4.31. The quantitative estimate of drug-likeness (QED) is 0.865. The summed E-state index contributed by atoms with van der Waals surface area (Å²) in [6.07, 6.45) is 4.99. The second-order valence-electron chi connectivity index (χ2n) is 5.25. The van der Waals surface area contributed by atoms with Gasteiger partial charge >= 0.3 is 0 Å². The molecule has 2 rings (SSSR count). The minimum absolute atomic E-state index is 0.411. The van der Waals surface area contributed by atoms with E-state index >= 15 is 0 Å². The zero-order chi connectivity index (χ0) is 13.0. The van der Waals surface area contributed by atoms with Gasteiger partial charge < -0.3 is 5.73 Å². The summed E-state index contributed by atoms with van der Waals surface area (Å²) in [6, 6.07) is 9.93. The smallest absolute Gasteiger partial charge is 0.0476 e. The van der Waals surface area contributed by atoms with E-state index < -0.39 is 0 Å². The van der Waals surface area contributed by atoms with Crippen LogP contribution in [0.25, 0.3) is 0 Å². The Kier molecular flexibility index (Phi) is 4.79. The molecule has 0 aliphatic carbocycles. The Balaban J connectivity index is 2.27. The lowest BCUT2D eigenvalue weighted by Gasteiger charge is -2.33. The number of benzene rings is 1. The highest BCUT2D eigenvalue weighted by Crippen LogP contribution is 2.31. The van der Waals surface area contributed by atoms with Gasteiger partial charge in [0.05, 0.1) is 0 Å². The lowest BCUT2D eigenvalue weighted by Crippen LogP contribution is -2.37. The fourth-order valence-electron chi connectivity index (χ4n) is 3.33. The Morgan fingerprint density at radius 1 is 1.33 bits per heavy atom. The SMILES string of the molecule is CCc1ccccc1C(CN)N1CCCC1CC. The van der Waals surface area contributed by atoms with E-state index in [0.717, 1.165) is 19.0 Å². The number of hydrogen-bond acceptors (Lipinski definition) is 2. The van der Waals surface area contributed by atoms with E-state index in [-0.39, 0.29) is 0 Å². The number of nitrogens with two attached hydrogens (primary N) is 1. The van der Waals surface area contributed by atoms with E-state index in [1.165, 1.54) is 36.9 Å². The van der Waals surface area contributed by atoms with Gasteiger partial charge in [-0.05, 0) is 43.4 Å². The molecule has 1 saturated heterocycles. The second kappa shape index (κ2) is 6.35. The summed E-state index contributed by atoms with van der Waals surface area (Å²) >= 11 is 0. The van der Waals surface area contributed by atoms with E-state index in [0.29, 0.717) is 6.04 Å². The van der Waals surface area contributed by atoms with Gasteiger partial charge in [-0.25, -0.2) is 0 Å².